The summed E-state index contributed by atoms with van der Waals surface area (Å²) in [5.74, 6) is 1.67. The molecule has 1 aromatic rings. The highest BCUT2D eigenvalue weighted by atomic mass is 35.5. The smallest absolute Gasteiger partial charge is 0.0648 e. The van der Waals surface area contributed by atoms with Crippen LogP contribution in [0.4, 0.5) is 5.69 Å². The zero-order valence-corrected chi connectivity index (χ0v) is 11.7. The molecular weight excluding hydrogens is 240 g/mol. The Morgan fingerprint density at radius 2 is 2.31 bits per heavy atom. The number of hydrogen-bond acceptors (Lipinski definition) is 3. The normalized spacial score (nSPS) is 12.5. The van der Waals surface area contributed by atoms with Crippen LogP contribution in [0.5, 0.6) is 0 Å². The number of alkyl halides is 1. The molecule has 1 rings (SSSR count). The van der Waals surface area contributed by atoms with Gasteiger partial charge in [0.2, 0.25) is 0 Å². The van der Waals surface area contributed by atoms with Gasteiger partial charge in [0.15, 0.2) is 0 Å². The minimum Gasteiger partial charge on any atom is -0.372 e. The molecule has 0 radical (unpaired) electrons. The van der Waals surface area contributed by atoms with Gasteiger partial charge in [-0.25, -0.2) is 0 Å². The Hall–Kier alpha value is -0.410. The number of hydrogen-bond donors (Lipinski definition) is 0. The second-order valence-corrected chi connectivity index (χ2v) is 5.13. The van der Waals surface area contributed by atoms with Crippen molar-refractivity contribution in [2.24, 2.45) is 0 Å². The van der Waals surface area contributed by atoms with E-state index in [-0.39, 0.29) is 0 Å². The second kappa shape index (κ2) is 7.02. The van der Waals surface area contributed by atoms with E-state index in [1.54, 1.807) is 0 Å². The first kappa shape index (κ1) is 13.7. The van der Waals surface area contributed by atoms with Gasteiger partial charge in [-0.2, -0.15) is 11.8 Å². The molecule has 4 heteroatoms. The maximum Gasteiger partial charge on any atom is 0.0648 e. The zero-order valence-electron chi connectivity index (χ0n) is 10.1. The Balaban J connectivity index is 2.67. The van der Waals surface area contributed by atoms with Crippen molar-refractivity contribution in [3.05, 3.63) is 24.0 Å². The Morgan fingerprint density at radius 1 is 1.56 bits per heavy atom. The Labute approximate surface area is 107 Å². The molecule has 0 saturated carbocycles. The SMILES string of the molecule is CSCCC(C)N(C)c1ccnc(CCl)c1. The summed E-state index contributed by atoms with van der Waals surface area (Å²) in [6.45, 7) is 2.25. The molecule has 16 heavy (non-hydrogen) atoms. The molecule has 0 saturated heterocycles. The number of rotatable bonds is 6. The average Bonchev–Trinajstić information content (AvgIpc) is 2.35. The molecule has 1 aromatic heterocycles. The van der Waals surface area contributed by atoms with Crippen LogP contribution >= 0.6 is 23.4 Å². The van der Waals surface area contributed by atoms with Gasteiger partial charge in [-0.05, 0) is 37.5 Å². The summed E-state index contributed by atoms with van der Waals surface area (Å²) < 4.78 is 0. The van der Waals surface area contributed by atoms with E-state index < -0.39 is 0 Å². The van der Waals surface area contributed by atoms with Gasteiger partial charge in [0.25, 0.3) is 0 Å². The van der Waals surface area contributed by atoms with Crippen LogP contribution in [-0.4, -0.2) is 30.1 Å². The van der Waals surface area contributed by atoms with E-state index in [9.17, 15) is 0 Å². The van der Waals surface area contributed by atoms with E-state index in [2.05, 4.69) is 36.2 Å². The van der Waals surface area contributed by atoms with Crippen molar-refractivity contribution >= 4 is 29.1 Å². The van der Waals surface area contributed by atoms with Crippen LogP contribution < -0.4 is 4.90 Å². The van der Waals surface area contributed by atoms with Crippen LogP contribution in [-0.2, 0) is 5.88 Å². The van der Waals surface area contributed by atoms with Gasteiger partial charge < -0.3 is 4.90 Å². The molecule has 0 aliphatic rings. The number of halogens is 1. The molecule has 0 fully saturated rings. The topological polar surface area (TPSA) is 16.1 Å². The van der Waals surface area contributed by atoms with E-state index in [0.29, 0.717) is 11.9 Å². The van der Waals surface area contributed by atoms with E-state index in [1.807, 2.05) is 24.0 Å². The number of anilines is 1. The van der Waals surface area contributed by atoms with Gasteiger partial charge in [0.05, 0.1) is 11.6 Å². The van der Waals surface area contributed by atoms with Gasteiger partial charge in [0, 0.05) is 25.0 Å². The molecular formula is C12H19ClN2S. The maximum absolute atomic E-state index is 5.78. The van der Waals surface area contributed by atoms with Crippen molar-refractivity contribution in [2.45, 2.75) is 25.3 Å². The third-order valence-electron chi connectivity index (χ3n) is 2.75. The predicted molar refractivity (Wildman–Crippen MR) is 74.7 cm³/mol. The number of nitrogens with zero attached hydrogens (tertiary/aromatic N) is 2. The molecule has 0 aliphatic carbocycles. The molecule has 1 heterocycles. The third-order valence-corrected chi connectivity index (χ3v) is 3.66. The highest BCUT2D eigenvalue weighted by molar-refractivity contribution is 7.98. The minimum atomic E-state index is 0.473. The monoisotopic (exact) mass is 258 g/mol. The van der Waals surface area contributed by atoms with Crippen LogP contribution in [0.15, 0.2) is 18.3 Å². The standard InChI is InChI=1S/C12H19ClN2S/c1-10(5-7-16-3)15(2)12-4-6-14-11(8-12)9-13/h4,6,8,10H,5,7,9H2,1-3H3. The van der Waals surface area contributed by atoms with Crippen LogP contribution in [0.25, 0.3) is 0 Å². The quantitative estimate of drug-likeness (QED) is 0.728. The zero-order chi connectivity index (χ0) is 12.0. The van der Waals surface area contributed by atoms with Crippen molar-refractivity contribution in [3.8, 4) is 0 Å². The van der Waals surface area contributed by atoms with Crippen LogP contribution in [0.2, 0.25) is 0 Å². The van der Waals surface area contributed by atoms with Crippen molar-refractivity contribution in [2.75, 3.05) is 24.0 Å². The van der Waals surface area contributed by atoms with Crippen molar-refractivity contribution < 1.29 is 0 Å². The second-order valence-electron chi connectivity index (χ2n) is 3.88. The summed E-state index contributed by atoms with van der Waals surface area (Å²) in [6, 6.07) is 4.63. The van der Waals surface area contributed by atoms with E-state index in [4.69, 9.17) is 11.6 Å². The Kier molecular flexibility index (Phi) is 5.99. The molecule has 0 aliphatic heterocycles. The molecule has 1 unspecified atom stereocenters. The molecule has 1 atom stereocenters. The molecule has 0 spiro atoms. The lowest BCUT2D eigenvalue weighted by molar-refractivity contribution is 0.668. The first-order valence-corrected chi connectivity index (χ1v) is 7.34. The predicted octanol–water partition coefficient (Wildman–Crippen LogP) is 3.40. The fraction of sp³-hybridized carbons (Fsp3) is 0.583. The average molecular weight is 259 g/mol. The molecule has 0 N–H and O–H groups in total. The van der Waals surface area contributed by atoms with Crippen molar-refractivity contribution in [3.63, 3.8) is 0 Å². The molecule has 90 valence electrons. The van der Waals surface area contributed by atoms with E-state index in [1.165, 1.54) is 17.9 Å². The summed E-state index contributed by atoms with van der Waals surface area (Å²) in [5, 5.41) is 0. The summed E-state index contributed by atoms with van der Waals surface area (Å²) >= 11 is 7.67. The fourth-order valence-corrected chi connectivity index (χ4v) is 2.22. The van der Waals surface area contributed by atoms with Crippen LogP contribution in [0, 0.1) is 0 Å². The summed E-state index contributed by atoms with van der Waals surface area (Å²) in [4.78, 5) is 6.48. The lowest BCUT2D eigenvalue weighted by Gasteiger charge is -2.27. The number of pyridine rings is 1. The van der Waals surface area contributed by atoms with Crippen LogP contribution in [0.3, 0.4) is 0 Å². The Bertz CT molecular complexity index is 320. The van der Waals surface area contributed by atoms with Gasteiger partial charge in [-0.15, -0.1) is 11.6 Å². The highest BCUT2D eigenvalue weighted by Crippen LogP contribution is 2.18. The summed E-state index contributed by atoms with van der Waals surface area (Å²) in [5.41, 5.74) is 2.13. The lowest BCUT2D eigenvalue weighted by Crippen LogP contribution is -2.29. The van der Waals surface area contributed by atoms with Gasteiger partial charge in [-0.3, -0.25) is 4.98 Å². The highest BCUT2D eigenvalue weighted by Gasteiger charge is 2.10. The van der Waals surface area contributed by atoms with Crippen LogP contribution in [0.1, 0.15) is 19.0 Å². The molecule has 2 nitrogen and oxygen atoms in total. The fourth-order valence-electron chi connectivity index (χ4n) is 1.49. The van der Waals surface area contributed by atoms with E-state index in [0.717, 1.165) is 5.69 Å². The first-order chi connectivity index (χ1) is 7.69. The van der Waals surface area contributed by atoms with Gasteiger partial charge in [0.1, 0.15) is 0 Å². The molecule has 0 aromatic carbocycles. The minimum absolute atomic E-state index is 0.473. The number of thioether (sulfide) groups is 1. The third kappa shape index (κ3) is 3.87. The first-order valence-electron chi connectivity index (χ1n) is 5.41. The van der Waals surface area contributed by atoms with Gasteiger partial charge >= 0.3 is 0 Å². The molecule has 0 amide bonds. The Morgan fingerprint density at radius 3 is 2.94 bits per heavy atom. The summed E-state index contributed by atoms with van der Waals surface area (Å²) in [7, 11) is 2.12. The van der Waals surface area contributed by atoms with Crippen molar-refractivity contribution in [1.82, 2.24) is 4.98 Å². The lowest BCUT2D eigenvalue weighted by atomic mass is 10.2. The largest absolute Gasteiger partial charge is 0.372 e. The maximum atomic E-state index is 5.78. The van der Waals surface area contributed by atoms with Crippen molar-refractivity contribution in [1.29, 1.82) is 0 Å². The van der Waals surface area contributed by atoms with Gasteiger partial charge in [-0.1, -0.05) is 0 Å². The van der Waals surface area contributed by atoms with E-state index >= 15 is 0 Å². The summed E-state index contributed by atoms with van der Waals surface area (Å²) in [6.07, 6.45) is 5.16. The molecule has 0 bridgehead atoms. The number of aromatic nitrogens is 1.